The van der Waals surface area contributed by atoms with Gasteiger partial charge in [-0.25, -0.2) is 19.3 Å². The number of anilines is 1. The van der Waals surface area contributed by atoms with Gasteiger partial charge < -0.3 is 10.5 Å². The van der Waals surface area contributed by atoms with Crippen molar-refractivity contribution in [2.24, 2.45) is 0 Å². The van der Waals surface area contributed by atoms with Gasteiger partial charge in [-0.1, -0.05) is 0 Å². The molecule has 140 valence electrons. The molecule has 0 unspecified atom stereocenters. The number of rotatable bonds is 4. The number of hydrogen-bond acceptors (Lipinski definition) is 6. The summed E-state index contributed by atoms with van der Waals surface area (Å²) in [5.74, 6) is 0.0415. The van der Waals surface area contributed by atoms with E-state index in [4.69, 9.17) is 10.5 Å². The van der Waals surface area contributed by atoms with Gasteiger partial charge in [0.2, 0.25) is 0 Å². The van der Waals surface area contributed by atoms with Gasteiger partial charge in [0.15, 0.2) is 5.82 Å². The molecule has 0 bridgehead atoms. The molecule has 0 atom stereocenters. The lowest BCUT2D eigenvalue weighted by Gasteiger charge is -2.31. The Hall–Kier alpha value is -2.64. The van der Waals surface area contributed by atoms with Crippen molar-refractivity contribution in [1.82, 2.24) is 19.9 Å². The van der Waals surface area contributed by atoms with Gasteiger partial charge in [0.25, 0.3) is 0 Å². The fourth-order valence-electron chi connectivity index (χ4n) is 3.55. The van der Waals surface area contributed by atoms with Crippen molar-refractivity contribution in [3.05, 3.63) is 48.0 Å². The number of nitrogens with zero attached hydrogens (tertiary/aromatic N) is 4. The van der Waals surface area contributed by atoms with Crippen molar-refractivity contribution < 1.29 is 9.13 Å². The molecule has 3 aromatic rings. The van der Waals surface area contributed by atoms with Crippen molar-refractivity contribution in [1.29, 1.82) is 0 Å². The molecule has 2 aromatic heterocycles. The first-order valence-electron chi connectivity index (χ1n) is 9.05. The molecule has 27 heavy (non-hydrogen) atoms. The van der Waals surface area contributed by atoms with E-state index in [9.17, 15) is 4.39 Å². The maximum Gasteiger partial charge on any atom is 0.153 e. The number of hydrogen-bond donors (Lipinski definition) is 1. The zero-order chi connectivity index (χ0) is 18.8. The van der Waals surface area contributed by atoms with Crippen LogP contribution in [0.15, 0.2) is 36.7 Å². The second-order valence-corrected chi connectivity index (χ2v) is 6.93. The van der Waals surface area contributed by atoms with Crippen LogP contribution in [-0.4, -0.2) is 46.2 Å². The first-order chi connectivity index (χ1) is 13.1. The number of fused-ring (bicyclic) bond motifs is 1. The molecule has 0 saturated carbocycles. The highest BCUT2D eigenvalue weighted by molar-refractivity contribution is 5.85. The molecule has 1 fully saturated rings. The first kappa shape index (κ1) is 17.8. The summed E-state index contributed by atoms with van der Waals surface area (Å²) >= 11 is 0. The fraction of sp³-hybridized carbons (Fsp3) is 0.350. The van der Waals surface area contributed by atoms with Gasteiger partial charge >= 0.3 is 0 Å². The zero-order valence-electron chi connectivity index (χ0n) is 15.2. The van der Waals surface area contributed by atoms with Gasteiger partial charge in [0.05, 0.1) is 11.2 Å². The summed E-state index contributed by atoms with van der Waals surface area (Å²) in [7, 11) is 2.08. The van der Waals surface area contributed by atoms with E-state index in [1.54, 1.807) is 6.07 Å². The summed E-state index contributed by atoms with van der Waals surface area (Å²) in [5.41, 5.74) is 9.39. The normalized spacial score (nSPS) is 15.5. The van der Waals surface area contributed by atoms with Gasteiger partial charge in [0.1, 0.15) is 17.7 Å². The van der Waals surface area contributed by atoms with Crippen LogP contribution in [0.3, 0.4) is 0 Å². The Morgan fingerprint density at radius 3 is 2.81 bits per heavy atom. The molecule has 4 rings (SSSR count). The summed E-state index contributed by atoms with van der Waals surface area (Å²) in [6, 6.07) is 9.17. The Morgan fingerprint density at radius 2 is 2.00 bits per heavy atom. The third kappa shape index (κ3) is 3.89. The average Bonchev–Trinajstić information content (AvgIpc) is 2.68. The van der Waals surface area contributed by atoms with Gasteiger partial charge in [-0.05, 0) is 55.8 Å². The number of halogens is 1. The van der Waals surface area contributed by atoms with Crippen LogP contribution in [0.5, 0.6) is 0 Å². The van der Waals surface area contributed by atoms with Crippen LogP contribution >= 0.6 is 0 Å². The predicted molar refractivity (Wildman–Crippen MR) is 102 cm³/mol. The lowest BCUT2D eigenvalue weighted by molar-refractivity contribution is 0.0407. The van der Waals surface area contributed by atoms with Crippen LogP contribution < -0.4 is 5.73 Å². The van der Waals surface area contributed by atoms with E-state index >= 15 is 0 Å². The highest BCUT2D eigenvalue weighted by atomic mass is 19.1. The molecule has 1 aliphatic heterocycles. The first-order valence-corrected chi connectivity index (χ1v) is 9.05. The predicted octanol–water partition coefficient (Wildman–Crippen LogP) is 3.02. The molecule has 1 aliphatic rings. The third-order valence-corrected chi connectivity index (χ3v) is 5.01. The largest absolute Gasteiger partial charge is 0.382 e. The molecule has 7 heteroatoms. The average molecular weight is 367 g/mol. The molecule has 1 aromatic carbocycles. The topological polar surface area (TPSA) is 77.2 Å². The number of nitrogen functional groups attached to an aromatic ring is 1. The van der Waals surface area contributed by atoms with Crippen molar-refractivity contribution in [2.75, 3.05) is 26.0 Å². The Labute approximate surface area is 157 Å². The second-order valence-electron chi connectivity index (χ2n) is 6.93. The summed E-state index contributed by atoms with van der Waals surface area (Å²) in [5, 5.41) is 0. The number of benzene rings is 1. The van der Waals surface area contributed by atoms with Crippen molar-refractivity contribution in [3.63, 3.8) is 0 Å². The van der Waals surface area contributed by atoms with Crippen molar-refractivity contribution >= 4 is 16.9 Å². The molecule has 0 aliphatic carbocycles. The van der Waals surface area contributed by atoms with Gasteiger partial charge in [-0.2, -0.15) is 0 Å². The quantitative estimate of drug-likeness (QED) is 0.764. The van der Waals surface area contributed by atoms with Crippen molar-refractivity contribution in [3.8, 4) is 11.3 Å². The van der Waals surface area contributed by atoms with Crippen LogP contribution in [-0.2, 0) is 11.3 Å². The number of pyridine rings is 1. The second kappa shape index (κ2) is 7.54. The molecule has 2 N–H and O–H groups in total. The smallest absolute Gasteiger partial charge is 0.153 e. The van der Waals surface area contributed by atoms with Crippen LogP contribution in [0.25, 0.3) is 22.3 Å². The van der Waals surface area contributed by atoms with E-state index in [1.807, 2.05) is 18.2 Å². The molecule has 0 radical (unpaired) electrons. The summed E-state index contributed by atoms with van der Waals surface area (Å²) in [6.07, 6.45) is 3.42. The Morgan fingerprint density at radius 1 is 1.19 bits per heavy atom. The summed E-state index contributed by atoms with van der Waals surface area (Å²) in [6.45, 7) is 2.25. The lowest BCUT2D eigenvalue weighted by atomic mass is 10.0. The van der Waals surface area contributed by atoms with Crippen LogP contribution in [0, 0.1) is 5.82 Å². The molecule has 1 saturated heterocycles. The van der Waals surface area contributed by atoms with Crippen LogP contribution in [0.2, 0.25) is 0 Å². The highest BCUT2D eigenvalue weighted by Crippen LogP contribution is 2.25. The molecular weight excluding hydrogens is 345 g/mol. The minimum atomic E-state index is -0.276. The standard InChI is InChI=1S/C20H22FN5O/c1-26(16-4-6-27-7-5-16)11-13-8-14(10-15(21)9-13)17-2-3-18-19(25-17)20(22)24-12-23-18/h2-3,8-10,12,16H,4-7,11H2,1H3,(H2,22,23,24). The van der Waals surface area contributed by atoms with Crippen molar-refractivity contribution in [2.45, 2.75) is 25.4 Å². The molecule has 0 spiro atoms. The van der Waals surface area contributed by atoms with E-state index in [2.05, 4.69) is 26.9 Å². The van der Waals surface area contributed by atoms with Crippen LogP contribution in [0.4, 0.5) is 10.2 Å². The number of ether oxygens (including phenoxy) is 1. The minimum Gasteiger partial charge on any atom is -0.382 e. The number of nitrogens with two attached hydrogens (primary N) is 1. The van der Waals surface area contributed by atoms with Gasteiger partial charge in [-0.3, -0.25) is 4.90 Å². The van der Waals surface area contributed by atoms with E-state index in [0.29, 0.717) is 35.1 Å². The highest BCUT2D eigenvalue weighted by Gasteiger charge is 2.19. The maximum atomic E-state index is 14.3. The summed E-state index contributed by atoms with van der Waals surface area (Å²) < 4.78 is 19.7. The number of aromatic nitrogens is 3. The van der Waals surface area contributed by atoms with E-state index in [1.165, 1.54) is 12.4 Å². The monoisotopic (exact) mass is 367 g/mol. The molecule has 6 nitrogen and oxygen atoms in total. The zero-order valence-corrected chi connectivity index (χ0v) is 15.2. The third-order valence-electron chi connectivity index (χ3n) is 5.01. The Kier molecular flexibility index (Phi) is 4.96. The van der Waals surface area contributed by atoms with Gasteiger partial charge in [0, 0.05) is 31.4 Å². The van der Waals surface area contributed by atoms with Crippen LogP contribution in [0.1, 0.15) is 18.4 Å². The maximum absolute atomic E-state index is 14.3. The SMILES string of the molecule is CN(Cc1cc(F)cc(-c2ccc3ncnc(N)c3n2)c1)C1CCOCC1. The molecule has 3 heterocycles. The van der Waals surface area contributed by atoms with E-state index < -0.39 is 0 Å². The van der Waals surface area contributed by atoms with E-state index in [-0.39, 0.29) is 5.82 Å². The Bertz CT molecular complexity index is 958. The fourth-order valence-corrected chi connectivity index (χ4v) is 3.55. The van der Waals surface area contributed by atoms with E-state index in [0.717, 1.165) is 37.2 Å². The minimum absolute atomic E-state index is 0.276. The molecular formula is C20H22FN5O. The lowest BCUT2D eigenvalue weighted by Crippen LogP contribution is -2.36. The van der Waals surface area contributed by atoms with Gasteiger partial charge in [-0.15, -0.1) is 0 Å². The summed E-state index contributed by atoms with van der Waals surface area (Å²) in [4.78, 5) is 15.0. The Balaban J connectivity index is 1.63. The molecule has 0 amide bonds.